The summed E-state index contributed by atoms with van der Waals surface area (Å²) >= 11 is 0. The Morgan fingerprint density at radius 3 is 2.79 bits per heavy atom. The number of nitrogens with zero attached hydrogens (tertiary/aromatic N) is 2. The van der Waals surface area contributed by atoms with Crippen LogP contribution in [0.25, 0.3) is 0 Å². The number of aliphatic hydroxyl groups is 1. The Bertz CT molecular complexity index is 586. The molecule has 0 radical (unpaired) electrons. The van der Waals surface area contributed by atoms with E-state index in [1.54, 1.807) is 12.1 Å². The fraction of sp³-hybridized carbons (Fsp3) is 0.462. The van der Waals surface area contributed by atoms with Crippen molar-refractivity contribution < 1.29 is 13.5 Å². The minimum atomic E-state index is -3.34. The summed E-state index contributed by atoms with van der Waals surface area (Å²) in [5, 5.41) is 17.7. The second-order valence-electron chi connectivity index (χ2n) is 4.77. The highest BCUT2D eigenvalue weighted by molar-refractivity contribution is 7.91. The third-order valence-electron chi connectivity index (χ3n) is 3.29. The van der Waals surface area contributed by atoms with Crippen LogP contribution in [0.3, 0.4) is 0 Å². The Morgan fingerprint density at radius 1 is 1.42 bits per heavy atom. The van der Waals surface area contributed by atoms with Gasteiger partial charge in [0.15, 0.2) is 9.84 Å². The molecule has 0 aromatic heterocycles. The van der Waals surface area contributed by atoms with Crippen molar-refractivity contribution in [2.45, 2.75) is 4.90 Å². The van der Waals surface area contributed by atoms with Crippen LogP contribution in [-0.4, -0.2) is 50.4 Å². The predicted molar refractivity (Wildman–Crippen MR) is 70.2 cm³/mol. The van der Waals surface area contributed by atoms with E-state index in [-0.39, 0.29) is 23.2 Å². The zero-order valence-corrected chi connectivity index (χ0v) is 11.3. The van der Waals surface area contributed by atoms with Gasteiger partial charge in [0.2, 0.25) is 0 Å². The first-order valence-electron chi connectivity index (χ1n) is 6.11. The Hall–Kier alpha value is -1.42. The van der Waals surface area contributed by atoms with Gasteiger partial charge < -0.3 is 10.0 Å². The SMILES string of the molecule is N#Cc1cccc(S(=O)(=O)CCN2CC(CO)C2)c1. The molecule has 1 saturated heterocycles. The quantitative estimate of drug-likeness (QED) is 0.836. The standard InChI is InChI=1S/C13H16N2O3S/c14-7-11-2-1-3-13(6-11)19(17,18)5-4-15-8-12(9-15)10-16/h1-3,6,12,16H,4-5,8-10H2. The number of benzene rings is 1. The molecule has 1 aromatic rings. The van der Waals surface area contributed by atoms with Crippen LogP contribution in [0.2, 0.25) is 0 Å². The van der Waals surface area contributed by atoms with Gasteiger partial charge in [-0.05, 0) is 18.2 Å². The fourth-order valence-electron chi connectivity index (χ4n) is 2.10. The first-order valence-corrected chi connectivity index (χ1v) is 7.76. The number of likely N-dealkylation sites (tertiary alicyclic amines) is 1. The minimum absolute atomic E-state index is 0.0417. The molecule has 1 heterocycles. The van der Waals surface area contributed by atoms with E-state index in [1.165, 1.54) is 12.1 Å². The average molecular weight is 280 g/mol. The lowest BCUT2D eigenvalue weighted by molar-refractivity contribution is 0.0592. The molecule has 6 heteroatoms. The van der Waals surface area contributed by atoms with Crippen LogP contribution < -0.4 is 0 Å². The third kappa shape index (κ3) is 3.32. The van der Waals surface area contributed by atoms with E-state index in [2.05, 4.69) is 0 Å². The molecule has 1 N–H and O–H groups in total. The van der Waals surface area contributed by atoms with Gasteiger partial charge in [-0.3, -0.25) is 0 Å². The predicted octanol–water partition coefficient (Wildman–Crippen LogP) is 0.256. The summed E-state index contributed by atoms with van der Waals surface area (Å²) < 4.78 is 24.2. The van der Waals surface area contributed by atoms with Crippen molar-refractivity contribution in [3.8, 4) is 6.07 Å². The number of hydrogen-bond acceptors (Lipinski definition) is 5. The third-order valence-corrected chi connectivity index (χ3v) is 4.98. The smallest absolute Gasteiger partial charge is 0.179 e. The van der Waals surface area contributed by atoms with Gasteiger partial charge in [0.05, 0.1) is 22.3 Å². The highest BCUT2D eigenvalue weighted by Crippen LogP contribution is 2.17. The second kappa shape index (κ2) is 5.70. The molecule has 102 valence electrons. The molecule has 0 amide bonds. The summed E-state index contributed by atoms with van der Waals surface area (Å²) in [5.41, 5.74) is 0.352. The van der Waals surface area contributed by atoms with Gasteiger partial charge in [-0.2, -0.15) is 5.26 Å². The molecule has 0 atom stereocenters. The van der Waals surface area contributed by atoms with E-state index in [4.69, 9.17) is 10.4 Å². The van der Waals surface area contributed by atoms with Crippen molar-refractivity contribution in [1.29, 1.82) is 5.26 Å². The maximum atomic E-state index is 12.1. The van der Waals surface area contributed by atoms with Crippen molar-refractivity contribution in [3.63, 3.8) is 0 Å². The van der Waals surface area contributed by atoms with Crippen LogP contribution in [0, 0.1) is 17.2 Å². The van der Waals surface area contributed by atoms with Crippen LogP contribution in [0.1, 0.15) is 5.56 Å². The highest BCUT2D eigenvalue weighted by atomic mass is 32.2. The van der Waals surface area contributed by atoms with E-state index in [0.29, 0.717) is 12.1 Å². The van der Waals surface area contributed by atoms with Gasteiger partial charge in [-0.25, -0.2) is 8.42 Å². The topological polar surface area (TPSA) is 81.4 Å². The van der Waals surface area contributed by atoms with Crippen LogP contribution in [-0.2, 0) is 9.84 Å². The summed E-state index contributed by atoms with van der Waals surface area (Å²) in [7, 11) is -3.34. The Morgan fingerprint density at radius 2 is 2.16 bits per heavy atom. The molecule has 0 unspecified atom stereocenters. The summed E-state index contributed by atoms with van der Waals surface area (Å²) in [6.45, 7) is 2.14. The van der Waals surface area contributed by atoms with Crippen LogP contribution in [0.5, 0.6) is 0 Å². The van der Waals surface area contributed by atoms with Crippen molar-refractivity contribution in [2.75, 3.05) is 32.0 Å². The van der Waals surface area contributed by atoms with Crippen molar-refractivity contribution in [3.05, 3.63) is 29.8 Å². The Balaban J connectivity index is 1.97. The molecule has 0 bridgehead atoms. The summed E-state index contributed by atoms with van der Waals surface area (Å²) in [6, 6.07) is 8.02. The summed E-state index contributed by atoms with van der Waals surface area (Å²) in [6.07, 6.45) is 0. The lowest BCUT2D eigenvalue weighted by Gasteiger charge is -2.38. The fourth-order valence-corrected chi connectivity index (χ4v) is 3.43. The maximum absolute atomic E-state index is 12.1. The van der Waals surface area contributed by atoms with Gasteiger partial charge in [-0.1, -0.05) is 6.07 Å². The molecule has 1 aromatic carbocycles. The van der Waals surface area contributed by atoms with Crippen molar-refractivity contribution in [1.82, 2.24) is 4.90 Å². The monoisotopic (exact) mass is 280 g/mol. The molecule has 2 rings (SSSR count). The van der Waals surface area contributed by atoms with Crippen molar-refractivity contribution in [2.24, 2.45) is 5.92 Å². The largest absolute Gasteiger partial charge is 0.396 e. The average Bonchev–Trinajstić information content (AvgIpc) is 2.37. The number of nitriles is 1. The first-order chi connectivity index (χ1) is 9.05. The van der Waals surface area contributed by atoms with Gasteiger partial charge in [0.25, 0.3) is 0 Å². The molecule has 0 saturated carbocycles. The van der Waals surface area contributed by atoms with Gasteiger partial charge in [-0.15, -0.1) is 0 Å². The molecule has 1 aliphatic heterocycles. The first kappa shape index (κ1) is 14.0. The number of aliphatic hydroxyl groups excluding tert-OH is 1. The van der Waals surface area contributed by atoms with Gasteiger partial charge >= 0.3 is 0 Å². The summed E-state index contributed by atoms with van der Waals surface area (Å²) in [5.74, 6) is 0.324. The highest BCUT2D eigenvalue weighted by Gasteiger charge is 2.27. The summed E-state index contributed by atoms with van der Waals surface area (Å²) in [4.78, 5) is 2.21. The lowest BCUT2D eigenvalue weighted by Crippen LogP contribution is -2.49. The van der Waals surface area contributed by atoms with E-state index in [0.717, 1.165) is 13.1 Å². The number of sulfone groups is 1. The second-order valence-corrected chi connectivity index (χ2v) is 6.88. The molecular weight excluding hydrogens is 264 g/mol. The molecule has 0 spiro atoms. The maximum Gasteiger partial charge on any atom is 0.179 e. The van der Waals surface area contributed by atoms with Gasteiger partial charge in [0.1, 0.15) is 0 Å². The lowest BCUT2D eigenvalue weighted by atomic mass is 10.0. The molecule has 1 aliphatic rings. The van der Waals surface area contributed by atoms with E-state index in [9.17, 15) is 8.42 Å². The molecule has 0 aliphatic carbocycles. The molecule has 5 nitrogen and oxygen atoms in total. The minimum Gasteiger partial charge on any atom is -0.396 e. The molecule has 1 fully saturated rings. The normalized spacial score (nSPS) is 16.8. The van der Waals surface area contributed by atoms with E-state index in [1.807, 2.05) is 11.0 Å². The van der Waals surface area contributed by atoms with E-state index >= 15 is 0 Å². The van der Waals surface area contributed by atoms with Gasteiger partial charge in [0, 0.05) is 32.2 Å². The van der Waals surface area contributed by atoms with Crippen molar-refractivity contribution >= 4 is 9.84 Å². The zero-order valence-electron chi connectivity index (χ0n) is 10.5. The molecule has 19 heavy (non-hydrogen) atoms. The Kier molecular flexibility index (Phi) is 4.20. The zero-order chi connectivity index (χ0) is 13.9. The number of rotatable bonds is 5. The van der Waals surface area contributed by atoms with E-state index < -0.39 is 9.84 Å². The van der Waals surface area contributed by atoms with Crippen LogP contribution in [0.4, 0.5) is 0 Å². The van der Waals surface area contributed by atoms with Crippen LogP contribution in [0.15, 0.2) is 29.2 Å². The number of hydrogen-bond donors (Lipinski definition) is 1. The Labute approximate surface area is 113 Å². The van der Waals surface area contributed by atoms with Crippen LogP contribution >= 0.6 is 0 Å². The molecular formula is C13H16N2O3S.